The molecule has 0 amide bonds. The minimum atomic E-state index is 0.667. The van der Waals surface area contributed by atoms with E-state index in [0.29, 0.717) is 5.71 Å². The van der Waals surface area contributed by atoms with Gasteiger partial charge in [-0.25, -0.2) is 9.97 Å². The molecular weight excluding hydrogens is 226 g/mol. The summed E-state index contributed by atoms with van der Waals surface area (Å²) in [7, 11) is 0. The highest BCUT2D eigenvalue weighted by Gasteiger charge is 2.11. The lowest BCUT2D eigenvalue weighted by Gasteiger charge is -2.01. The summed E-state index contributed by atoms with van der Waals surface area (Å²) in [5.74, 6) is 0. The second-order valence-electron chi connectivity index (χ2n) is 4.08. The molecule has 0 aliphatic rings. The Bertz CT molecular complexity index is 831. The van der Waals surface area contributed by atoms with Crippen molar-refractivity contribution in [3.05, 3.63) is 55.2 Å². The van der Waals surface area contributed by atoms with Crippen molar-refractivity contribution in [3.63, 3.8) is 0 Å². The Labute approximate surface area is 103 Å². The number of furan rings is 1. The highest BCUT2D eigenvalue weighted by atomic mass is 16.3. The maximum Gasteiger partial charge on any atom is 0.227 e. The van der Waals surface area contributed by atoms with Crippen LogP contribution in [-0.4, -0.2) is 14.5 Å². The van der Waals surface area contributed by atoms with Gasteiger partial charge in [0.2, 0.25) is 5.71 Å². The first-order valence-electron chi connectivity index (χ1n) is 5.68. The standard InChI is InChI=1S/C14H9N3O/c1-3-10-11-4-2-6-16-14(11)18-13(10)12(5-1)17-8-7-15-9-17/h1-9H. The van der Waals surface area contributed by atoms with E-state index in [9.17, 15) is 0 Å². The Morgan fingerprint density at radius 3 is 2.83 bits per heavy atom. The van der Waals surface area contributed by atoms with Gasteiger partial charge in [-0.05, 0) is 18.2 Å². The fourth-order valence-corrected chi connectivity index (χ4v) is 2.22. The summed E-state index contributed by atoms with van der Waals surface area (Å²) in [4.78, 5) is 8.31. The lowest BCUT2D eigenvalue weighted by molar-refractivity contribution is 0.651. The van der Waals surface area contributed by atoms with Gasteiger partial charge in [-0.1, -0.05) is 12.1 Å². The number of para-hydroxylation sites is 1. The van der Waals surface area contributed by atoms with Crippen LogP contribution in [0.15, 0.2) is 59.7 Å². The van der Waals surface area contributed by atoms with Gasteiger partial charge in [-0.3, -0.25) is 0 Å². The molecule has 4 heteroatoms. The van der Waals surface area contributed by atoms with Crippen molar-refractivity contribution in [3.8, 4) is 5.69 Å². The zero-order chi connectivity index (χ0) is 11.9. The van der Waals surface area contributed by atoms with Crippen LogP contribution in [0.3, 0.4) is 0 Å². The number of hydrogen-bond acceptors (Lipinski definition) is 3. The molecule has 0 aliphatic heterocycles. The largest absolute Gasteiger partial charge is 0.435 e. The molecule has 0 unspecified atom stereocenters. The molecule has 3 aromatic heterocycles. The molecule has 0 N–H and O–H groups in total. The van der Waals surface area contributed by atoms with Crippen LogP contribution in [0, 0.1) is 0 Å². The Balaban J connectivity index is 2.17. The zero-order valence-corrected chi connectivity index (χ0v) is 9.45. The number of nitrogens with zero attached hydrogens (tertiary/aromatic N) is 3. The summed E-state index contributed by atoms with van der Waals surface area (Å²) in [5.41, 5.74) is 2.48. The lowest BCUT2D eigenvalue weighted by atomic mass is 10.2. The fraction of sp³-hybridized carbons (Fsp3) is 0. The highest BCUT2D eigenvalue weighted by molar-refractivity contribution is 6.06. The zero-order valence-electron chi connectivity index (χ0n) is 9.45. The van der Waals surface area contributed by atoms with Gasteiger partial charge in [0.15, 0.2) is 5.58 Å². The summed E-state index contributed by atoms with van der Waals surface area (Å²) in [6.07, 6.45) is 7.14. The summed E-state index contributed by atoms with van der Waals surface area (Å²) in [5, 5.41) is 2.11. The van der Waals surface area contributed by atoms with Gasteiger partial charge in [-0.2, -0.15) is 0 Å². The second kappa shape index (κ2) is 3.43. The lowest BCUT2D eigenvalue weighted by Crippen LogP contribution is -1.89. The van der Waals surface area contributed by atoms with E-state index in [1.54, 1.807) is 18.7 Å². The molecule has 3 heterocycles. The molecule has 4 rings (SSSR count). The number of imidazole rings is 1. The van der Waals surface area contributed by atoms with E-state index in [1.165, 1.54) is 0 Å². The van der Waals surface area contributed by atoms with Crippen molar-refractivity contribution in [2.75, 3.05) is 0 Å². The number of benzene rings is 1. The molecule has 1 aromatic carbocycles. The smallest absolute Gasteiger partial charge is 0.227 e. The number of hydrogen-bond donors (Lipinski definition) is 0. The van der Waals surface area contributed by atoms with Crippen LogP contribution in [0.1, 0.15) is 0 Å². The Morgan fingerprint density at radius 2 is 1.94 bits per heavy atom. The SMILES string of the molecule is c1cnc2oc3c(-n4ccnc4)cccc3c2c1. The monoisotopic (exact) mass is 235 g/mol. The molecule has 0 bridgehead atoms. The van der Waals surface area contributed by atoms with E-state index in [4.69, 9.17) is 4.42 Å². The molecule has 0 saturated heterocycles. The van der Waals surface area contributed by atoms with E-state index in [1.807, 2.05) is 41.1 Å². The maximum absolute atomic E-state index is 5.85. The maximum atomic E-state index is 5.85. The third kappa shape index (κ3) is 1.20. The molecule has 4 aromatic rings. The Kier molecular flexibility index (Phi) is 1.80. The van der Waals surface area contributed by atoms with Gasteiger partial charge in [0.1, 0.15) is 0 Å². The summed E-state index contributed by atoms with van der Waals surface area (Å²) < 4.78 is 7.78. The quantitative estimate of drug-likeness (QED) is 0.509. The van der Waals surface area contributed by atoms with Crippen LogP contribution >= 0.6 is 0 Å². The number of rotatable bonds is 1. The van der Waals surface area contributed by atoms with Crippen molar-refractivity contribution in [2.45, 2.75) is 0 Å². The predicted octanol–water partition coefficient (Wildman–Crippen LogP) is 3.17. The van der Waals surface area contributed by atoms with Crippen LogP contribution in [0.4, 0.5) is 0 Å². The fourth-order valence-electron chi connectivity index (χ4n) is 2.22. The molecule has 0 radical (unpaired) electrons. The van der Waals surface area contributed by atoms with E-state index < -0.39 is 0 Å². The second-order valence-corrected chi connectivity index (χ2v) is 4.08. The first kappa shape index (κ1) is 9.41. The molecule has 18 heavy (non-hydrogen) atoms. The van der Waals surface area contributed by atoms with Crippen molar-refractivity contribution in [1.82, 2.24) is 14.5 Å². The average molecular weight is 235 g/mol. The molecule has 4 nitrogen and oxygen atoms in total. The van der Waals surface area contributed by atoms with Crippen molar-refractivity contribution < 1.29 is 4.42 Å². The van der Waals surface area contributed by atoms with E-state index in [2.05, 4.69) is 9.97 Å². The third-order valence-electron chi connectivity index (χ3n) is 3.04. The van der Waals surface area contributed by atoms with Gasteiger partial charge < -0.3 is 8.98 Å². The molecule has 0 saturated carbocycles. The van der Waals surface area contributed by atoms with Gasteiger partial charge in [0.05, 0.1) is 12.0 Å². The van der Waals surface area contributed by atoms with Gasteiger partial charge >= 0.3 is 0 Å². The van der Waals surface area contributed by atoms with Crippen LogP contribution in [0.25, 0.3) is 27.8 Å². The topological polar surface area (TPSA) is 43.9 Å². The van der Waals surface area contributed by atoms with Gasteiger partial charge in [-0.15, -0.1) is 0 Å². The number of aromatic nitrogens is 3. The van der Waals surface area contributed by atoms with Crippen molar-refractivity contribution >= 4 is 22.1 Å². The Morgan fingerprint density at radius 1 is 1.00 bits per heavy atom. The minimum Gasteiger partial charge on any atom is -0.435 e. The number of fused-ring (bicyclic) bond motifs is 3. The number of pyridine rings is 1. The van der Waals surface area contributed by atoms with E-state index >= 15 is 0 Å². The third-order valence-corrected chi connectivity index (χ3v) is 3.04. The summed E-state index contributed by atoms with van der Waals surface area (Å²) in [6, 6.07) is 10.0. The van der Waals surface area contributed by atoms with E-state index in [-0.39, 0.29) is 0 Å². The van der Waals surface area contributed by atoms with Gasteiger partial charge in [0.25, 0.3) is 0 Å². The Hall–Kier alpha value is -2.62. The summed E-state index contributed by atoms with van der Waals surface area (Å²) in [6.45, 7) is 0. The minimum absolute atomic E-state index is 0.667. The molecule has 0 aliphatic carbocycles. The highest BCUT2D eigenvalue weighted by Crippen LogP contribution is 2.31. The van der Waals surface area contributed by atoms with E-state index in [0.717, 1.165) is 22.0 Å². The van der Waals surface area contributed by atoms with Crippen LogP contribution < -0.4 is 0 Å². The first-order chi connectivity index (χ1) is 8.93. The first-order valence-corrected chi connectivity index (χ1v) is 5.68. The average Bonchev–Trinajstić information content (AvgIpc) is 3.05. The van der Waals surface area contributed by atoms with Crippen molar-refractivity contribution in [1.29, 1.82) is 0 Å². The molecular formula is C14H9N3O. The van der Waals surface area contributed by atoms with Crippen LogP contribution in [0.2, 0.25) is 0 Å². The molecule has 0 fully saturated rings. The molecule has 86 valence electrons. The molecule has 0 atom stereocenters. The van der Waals surface area contributed by atoms with Gasteiger partial charge in [0, 0.05) is 29.4 Å². The van der Waals surface area contributed by atoms with Crippen molar-refractivity contribution in [2.24, 2.45) is 0 Å². The van der Waals surface area contributed by atoms with Crippen LogP contribution in [-0.2, 0) is 0 Å². The normalized spacial score (nSPS) is 11.3. The molecule has 0 spiro atoms. The van der Waals surface area contributed by atoms with Crippen LogP contribution in [0.5, 0.6) is 0 Å². The predicted molar refractivity (Wildman–Crippen MR) is 68.6 cm³/mol. The summed E-state index contributed by atoms with van der Waals surface area (Å²) >= 11 is 0.